The third-order valence-electron chi connectivity index (χ3n) is 4.42. The summed E-state index contributed by atoms with van der Waals surface area (Å²) in [6, 6.07) is 7.41. The third-order valence-corrected chi connectivity index (χ3v) is 4.42. The normalized spacial score (nSPS) is 15.5. The molecule has 1 aliphatic rings. The summed E-state index contributed by atoms with van der Waals surface area (Å²) in [5.74, 6) is -1.58. The smallest absolute Gasteiger partial charge is 0.282 e. The Morgan fingerprint density at radius 1 is 1.07 bits per heavy atom. The molecule has 3 aromatic rings. The van der Waals surface area contributed by atoms with Crippen molar-refractivity contribution in [1.82, 2.24) is 19.9 Å². The van der Waals surface area contributed by atoms with E-state index in [1.807, 2.05) is 6.92 Å². The largest absolute Gasteiger partial charge is 0.348 e. The van der Waals surface area contributed by atoms with Crippen LogP contribution in [-0.2, 0) is 0 Å². The predicted octanol–water partition coefficient (Wildman–Crippen LogP) is 4.20. The molecule has 158 valence electrons. The van der Waals surface area contributed by atoms with Crippen LogP contribution in [0.25, 0.3) is 0 Å². The minimum Gasteiger partial charge on any atom is -0.348 e. The highest BCUT2D eigenvalue weighted by atomic mass is 35.5. The van der Waals surface area contributed by atoms with Gasteiger partial charge in [-0.2, -0.15) is 9.97 Å². The van der Waals surface area contributed by atoms with Gasteiger partial charge in [-0.05, 0) is 24.6 Å². The summed E-state index contributed by atoms with van der Waals surface area (Å²) in [7, 11) is 0. The van der Waals surface area contributed by atoms with Crippen molar-refractivity contribution in [3.05, 3.63) is 60.3 Å². The van der Waals surface area contributed by atoms with Crippen molar-refractivity contribution in [2.24, 2.45) is 0 Å². The van der Waals surface area contributed by atoms with Gasteiger partial charge in [-0.3, -0.25) is 4.98 Å². The lowest BCUT2D eigenvalue weighted by Gasteiger charge is -2.39. The van der Waals surface area contributed by atoms with Gasteiger partial charge in [-0.15, -0.1) is 12.4 Å². The maximum atomic E-state index is 13.3. The van der Waals surface area contributed by atoms with Crippen LogP contribution in [0.2, 0.25) is 0 Å². The molecule has 2 N–H and O–H groups in total. The molecule has 0 unspecified atom stereocenters. The van der Waals surface area contributed by atoms with E-state index in [4.69, 9.17) is 0 Å². The van der Waals surface area contributed by atoms with Crippen LogP contribution >= 0.6 is 12.4 Å². The summed E-state index contributed by atoms with van der Waals surface area (Å²) in [5, 5.41) is 6.13. The fourth-order valence-electron chi connectivity index (χ4n) is 2.92. The van der Waals surface area contributed by atoms with Crippen molar-refractivity contribution in [2.45, 2.75) is 18.9 Å². The van der Waals surface area contributed by atoms with Gasteiger partial charge in [-0.25, -0.2) is 18.2 Å². The number of hydrogen-bond donors (Lipinski definition) is 2. The van der Waals surface area contributed by atoms with Gasteiger partial charge in [0, 0.05) is 18.5 Å². The molecule has 1 aliphatic heterocycles. The molecule has 1 saturated heterocycles. The fourth-order valence-corrected chi connectivity index (χ4v) is 2.92. The lowest BCUT2D eigenvalue weighted by atomic mass is 10.1. The Balaban J connectivity index is 0.00000256. The fraction of sp³-hybridized carbons (Fsp3) is 0.263. The molecule has 1 atom stereocenters. The molecule has 1 aromatic carbocycles. The van der Waals surface area contributed by atoms with Crippen LogP contribution in [-0.4, -0.2) is 38.9 Å². The highest BCUT2D eigenvalue weighted by molar-refractivity contribution is 5.85. The number of hydrogen-bond acceptors (Lipinski definition) is 7. The lowest BCUT2D eigenvalue weighted by molar-refractivity contribution is -0.0267. The molecule has 0 spiro atoms. The van der Waals surface area contributed by atoms with Gasteiger partial charge in [0.1, 0.15) is 23.3 Å². The van der Waals surface area contributed by atoms with Gasteiger partial charge in [0.15, 0.2) is 0 Å². The monoisotopic (exact) mass is 437 g/mol. The van der Waals surface area contributed by atoms with E-state index in [1.165, 1.54) is 35.6 Å². The van der Waals surface area contributed by atoms with Crippen LogP contribution in [0.4, 0.5) is 36.6 Å². The summed E-state index contributed by atoms with van der Waals surface area (Å²) < 4.78 is 39.8. The number of aromatic nitrogens is 4. The first-order valence-corrected chi connectivity index (χ1v) is 8.95. The molecule has 0 saturated carbocycles. The Morgan fingerprint density at radius 3 is 2.43 bits per heavy atom. The Kier molecular flexibility index (Phi) is 6.25. The molecule has 0 amide bonds. The number of rotatable bonds is 6. The first-order valence-electron chi connectivity index (χ1n) is 8.95. The number of alkyl halides is 2. The maximum Gasteiger partial charge on any atom is 0.282 e. The molecular weight excluding hydrogens is 419 g/mol. The van der Waals surface area contributed by atoms with Crippen molar-refractivity contribution in [3.8, 4) is 0 Å². The molecule has 7 nitrogen and oxygen atoms in total. The quantitative estimate of drug-likeness (QED) is 0.598. The molecule has 0 radical (unpaired) electrons. The first-order chi connectivity index (χ1) is 13.9. The maximum absolute atomic E-state index is 13.3. The minimum atomic E-state index is -2.72. The van der Waals surface area contributed by atoms with Gasteiger partial charge < -0.3 is 15.5 Å². The summed E-state index contributed by atoms with van der Waals surface area (Å²) >= 11 is 0. The van der Waals surface area contributed by atoms with Gasteiger partial charge in [0.05, 0.1) is 25.3 Å². The van der Waals surface area contributed by atoms with Crippen molar-refractivity contribution in [2.75, 3.05) is 28.6 Å². The molecule has 0 bridgehead atoms. The molecule has 11 heteroatoms. The van der Waals surface area contributed by atoms with E-state index >= 15 is 0 Å². The zero-order valence-corrected chi connectivity index (χ0v) is 16.7. The molecule has 4 rings (SSSR count). The number of nitrogens with one attached hydrogen (secondary N) is 2. The Bertz CT molecular complexity index is 981. The summed E-state index contributed by atoms with van der Waals surface area (Å²) in [6.07, 6.45) is 4.58. The van der Waals surface area contributed by atoms with Gasteiger partial charge >= 0.3 is 0 Å². The van der Waals surface area contributed by atoms with E-state index in [9.17, 15) is 13.2 Å². The molecule has 0 aliphatic carbocycles. The molecule has 2 aromatic heterocycles. The van der Waals surface area contributed by atoms with Crippen molar-refractivity contribution < 1.29 is 13.2 Å². The van der Waals surface area contributed by atoms with E-state index < -0.39 is 19.0 Å². The average molecular weight is 438 g/mol. The van der Waals surface area contributed by atoms with Crippen LogP contribution in [0.5, 0.6) is 0 Å². The second-order valence-electron chi connectivity index (χ2n) is 6.78. The van der Waals surface area contributed by atoms with Crippen LogP contribution in [0, 0.1) is 5.82 Å². The zero-order valence-electron chi connectivity index (χ0n) is 15.9. The summed E-state index contributed by atoms with van der Waals surface area (Å²) in [5.41, 5.74) is 0.833. The van der Waals surface area contributed by atoms with Crippen molar-refractivity contribution >= 4 is 35.8 Å². The highest BCUT2D eigenvalue weighted by Crippen LogP contribution is 2.32. The predicted molar refractivity (Wildman–Crippen MR) is 110 cm³/mol. The SMILES string of the molecule is C[C@H](Nc1nc(Nc2cnccn2)cc(N2CC(F)(F)C2)n1)c1ccc(F)cc1.Cl. The second kappa shape index (κ2) is 8.70. The molecular formula is C19H19ClF3N7. The summed E-state index contributed by atoms with van der Waals surface area (Å²) in [6.45, 7) is 1.07. The van der Waals surface area contributed by atoms with E-state index in [0.29, 0.717) is 17.5 Å². The lowest BCUT2D eigenvalue weighted by Crippen LogP contribution is -2.56. The highest BCUT2D eigenvalue weighted by Gasteiger charge is 2.44. The van der Waals surface area contributed by atoms with Gasteiger partial charge in [0.25, 0.3) is 5.92 Å². The minimum absolute atomic E-state index is 0. The van der Waals surface area contributed by atoms with Crippen LogP contribution < -0.4 is 15.5 Å². The molecule has 30 heavy (non-hydrogen) atoms. The topological polar surface area (TPSA) is 78.9 Å². The number of anilines is 4. The molecule has 3 heterocycles. The summed E-state index contributed by atoms with van der Waals surface area (Å²) in [4.78, 5) is 18.3. The van der Waals surface area contributed by atoms with Gasteiger partial charge in [0.2, 0.25) is 5.95 Å². The standard InChI is InChI=1S/C19H18F3N7.ClH/c1-12(13-2-4-14(20)5-3-13)25-18-27-15(26-16-9-23-6-7-24-16)8-17(28-18)29-10-19(21,22)11-29;/h2-9,12H,10-11H2,1H3,(H2,24,25,26,27,28);1H/t12-;/m0./s1. The Morgan fingerprint density at radius 2 is 1.80 bits per heavy atom. The number of halogens is 4. The molecule has 1 fully saturated rings. The van der Waals surface area contributed by atoms with E-state index in [0.717, 1.165) is 5.56 Å². The van der Waals surface area contributed by atoms with Crippen molar-refractivity contribution in [3.63, 3.8) is 0 Å². The Labute approximate surface area is 177 Å². The number of nitrogens with zero attached hydrogens (tertiary/aromatic N) is 5. The van der Waals surface area contributed by atoms with E-state index in [-0.39, 0.29) is 30.2 Å². The second-order valence-corrected chi connectivity index (χ2v) is 6.78. The van der Waals surface area contributed by atoms with Crippen LogP contribution in [0.15, 0.2) is 48.9 Å². The van der Waals surface area contributed by atoms with Crippen LogP contribution in [0.3, 0.4) is 0 Å². The average Bonchev–Trinajstić information content (AvgIpc) is 2.67. The number of benzene rings is 1. The first kappa shape index (κ1) is 21.6. The van der Waals surface area contributed by atoms with Crippen molar-refractivity contribution in [1.29, 1.82) is 0 Å². The van der Waals surface area contributed by atoms with Crippen LogP contribution in [0.1, 0.15) is 18.5 Å². The van der Waals surface area contributed by atoms with Gasteiger partial charge in [-0.1, -0.05) is 12.1 Å². The van der Waals surface area contributed by atoms with E-state index in [2.05, 4.69) is 30.6 Å². The Hall–Kier alpha value is -3.14. The zero-order chi connectivity index (χ0) is 20.4. The van der Waals surface area contributed by atoms with E-state index in [1.54, 1.807) is 18.2 Å². The third kappa shape index (κ3) is 5.07.